The summed E-state index contributed by atoms with van der Waals surface area (Å²) >= 11 is 0. The van der Waals surface area contributed by atoms with Crippen LogP contribution in [0.1, 0.15) is 78.1 Å². The maximum absolute atomic E-state index is 14.5. The largest absolute Gasteiger partial charge is 0.508 e. The van der Waals surface area contributed by atoms with Gasteiger partial charge in [0.05, 0.1) is 24.6 Å². The molecule has 13 heteroatoms. The van der Waals surface area contributed by atoms with E-state index in [0.29, 0.717) is 44.5 Å². The molecule has 1 fully saturated rings. The Morgan fingerprint density at radius 1 is 1.12 bits per heavy atom. The van der Waals surface area contributed by atoms with E-state index in [0.717, 1.165) is 44.5 Å². The minimum absolute atomic E-state index is 0.00931. The van der Waals surface area contributed by atoms with Gasteiger partial charge in [0.15, 0.2) is 0 Å². The summed E-state index contributed by atoms with van der Waals surface area (Å²) < 4.78 is 14.0. The fraction of sp³-hybridized carbons (Fsp3) is 0.489. The molecule has 310 valence electrons. The summed E-state index contributed by atoms with van der Waals surface area (Å²) in [5.41, 5.74) is 8.51. The number of hydrogen-bond donors (Lipinski definition) is 3. The molecule has 6 rings (SSSR count). The number of amides is 3. The summed E-state index contributed by atoms with van der Waals surface area (Å²) in [6, 6.07) is 13.5. The van der Waals surface area contributed by atoms with Crippen molar-refractivity contribution < 1.29 is 33.8 Å². The quantitative estimate of drug-likeness (QED) is 0.188. The topological polar surface area (TPSA) is 155 Å². The molecular weight excluding hydrogens is 737 g/mol. The van der Waals surface area contributed by atoms with Gasteiger partial charge in [-0.3, -0.25) is 24.4 Å². The number of nitrogens with one attached hydrogen (secondary N) is 2. The standard InChI is InChI=1S/C45H58N6O7/c1-10-50-38-15-14-30-23-34(38)35(40(50)33-13-11-17-46-37(33)25-57-9)24-44(5,6)26-58-43(56)45(7)16-12-18-51(48-45)42(55)36(21-29-19-31(30)22-32(53)20-29)47-41(54)39(27(2)3)49(8)28(4)52/h11,13-15,17,19-20,22-23,27,36,39,48,53H,10,12,16,18,21,24-26H2,1-9H3,(H,47,54)/t36-,39-,45+/m0/s1. The number of phenolic OH excluding ortho intramolecular Hbond substituents is 1. The molecule has 0 radical (unpaired) electrons. The highest BCUT2D eigenvalue weighted by atomic mass is 16.5. The number of benzene rings is 2. The molecule has 58 heavy (non-hydrogen) atoms. The van der Waals surface area contributed by atoms with E-state index in [1.54, 1.807) is 39.4 Å². The fourth-order valence-electron chi connectivity index (χ4n) is 8.55. The highest BCUT2D eigenvalue weighted by Gasteiger charge is 2.43. The van der Waals surface area contributed by atoms with Crippen LogP contribution in [-0.4, -0.2) is 93.2 Å². The first-order chi connectivity index (χ1) is 27.5. The molecule has 0 spiro atoms. The smallest absolute Gasteiger partial charge is 0.327 e. The maximum atomic E-state index is 14.5. The van der Waals surface area contributed by atoms with Gasteiger partial charge >= 0.3 is 5.97 Å². The molecule has 6 bridgehead atoms. The van der Waals surface area contributed by atoms with Crippen LogP contribution in [0.2, 0.25) is 0 Å². The predicted octanol–water partition coefficient (Wildman–Crippen LogP) is 5.78. The van der Waals surface area contributed by atoms with Crippen LogP contribution >= 0.6 is 0 Å². The second kappa shape index (κ2) is 16.9. The Labute approximate surface area is 341 Å². The number of cyclic esters (lactones) is 1. The van der Waals surface area contributed by atoms with Crippen LogP contribution < -0.4 is 10.7 Å². The van der Waals surface area contributed by atoms with Gasteiger partial charge in [-0.15, -0.1) is 0 Å². The molecular formula is C45H58N6O7. The Balaban J connectivity index is 1.54. The number of pyridine rings is 1. The van der Waals surface area contributed by atoms with E-state index >= 15 is 0 Å². The predicted molar refractivity (Wildman–Crippen MR) is 222 cm³/mol. The minimum Gasteiger partial charge on any atom is -0.508 e. The van der Waals surface area contributed by atoms with Crippen LogP contribution in [0.5, 0.6) is 5.75 Å². The molecule has 2 aliphatic rings. The summed E-state index contributed by atoms with van der Waals surface area (Å²) in [7, 11) is 3.23. The molecule has 3 atom stereocenters. The Morgan fingerprint density at radius 2 is 1.88 bits per heavy atom. The number of carbonyl (C=O) groups excluding carboxylic acids is 4. The van der Waals surface area contributed by atoms with Gasteiger partial charge in [0.25, 0.3) is 5.91 Å². The first kappa shape index (κ1) is 42.3. The Morgan fingerprint density at radius 3 is 2.57 bits per heavy atom. The molecule has 0 unspecified atom stereocenters. The van der Waals surface area contributed by atoms with Crippen molar-refractivity contribution in [1.82, 2.24) is 30.2 Å². The third kappa shape index (κ3) is 8.61. The monoisotopic (exact) mass is 794 g/mol. The third-order valence-corrected chi connectivity index (χ3v) is 11.5. The number of nitrogens with zero attached hydrogens (tertiary/aromatic N) is 4. The number of hydrogen-bond acceptors (Lipinski definition) is 9. The van der Waals surface area contributed by atoms with E-state index < -0.39 is 40.8 Å². The number of likely N-dealkylation sites (N-methyl/N-ethyl adjacent to an activating group) is 1. The number of aromatic nitrogens is 2. The van der Waals surface area contributed by atoms with E-state index in [4.69, 9.17) is 14.5 Å². The van der Waals surface area contributed by atoms with Gasteiger partial charge in [-0.05, 0) is 97.7 Å². The maximum Gasteiger partial charge on any atom is 0.327 e. The zero-order valence-corrected chi connectivity index (χ0v) is 35.3. The van der Waals surface area contributed by atoms with Crippen molar-refractivity contribution in [1.29, 1.82) is 0 Å². The van der Waals surface area contributed by atoms with E-state index in [1.165, 1.54) is 16.8 Å². The number of hydrazine groups is 1. The molecule has 2 aromatic carbocycles. The number of esters is 1. The first-order valence-corrected chi connectivity index (χ1v) is 20.2. The van der Waals surface area contributed by atoms with Crippen molar-refractivity contribution in [2.75, 3.05) is 27.3 Å². The van der Waals surface area contributed by atoms with Gasteiger partial charge in [-0.1, -0.05) is 39.8 Å². The number of rotatable bonds is 8. The van der Waals surface area contributed by atoms with Crippen LogP contribution in [-0.2, 0) is 54.6 Å². The fourth-order valence-corrected chi connectivity index (χ4v) is 8.55. The molecule has 3 N–H and O–H groups in total. The highest BCUT2D eigenvalue weighted by Crippen LogP contribution is 2.41. The van der Waals surface area contributed by atoms with E-state index in [2.05, 4.69) is 54.3 Å². The van der Waals surface area contributed by atoms with Crippen LogP contribution in [0, 0.1) is 11.3 Å². The number of methoxy groups -OCH3 is 1. The van der Waals surface area contributed by atoms with Crippen LogP contribution in [0.15, 0.2) is 54.7 Å². The van der Waals surface area contributed by atoms with Gasteiger partial charge in [-0.2, -0.15) is 0 Å². The summed E-state index contributed by atoms with van der Waals surface area (Å²) in [5, 5.41) is 16.6. The Kier molecular flexibility index (Phi) is 12.3. The molecule has 0 saturated carbocycles. The molecule has 2 aliphatic heterocycles. The van der Waals surface area contributed by atoms with Gasteiger partial charge in [0.2, 0.25) is 11.8 Å². The number of carbonyl (C=O) groups is 4. The lowest BCUT2D eigenvalue weighted by Crippen LogP contribution is -2.66. The number of aromatic hydroxyl groups is 1. The zero-order chi connectivity index (χ0) is 42.1. The Hall–Kier alpha value is -5.27. The molecule has 4 aromatic rings. The molecule has 3 amide bonds. The molecule has 4 heterocycles. The third-order valence-electron chi connectivity index (χ3n) is 11.5. The van der Waals surface area contributed by atoms with Crippen molar-refractivity contribution in [3.63, 3.8) is 0 Å². The molecule has 1 saturated heterocycles. The Bertz CT molecular complexity index is 2210. The lowest BCUT2D eigenvalue weighted by atomic mass is 9.84. The van der Waals surface area contributed by atoms with Crippen LogP contribution in [0.25, 0.3) is 33.3 Å². The lowest BCUT2D eigenvalue weighted by Gasteiger charge is -2.41. The lowest BCUT2D eigenvalue weighted by molar-refractivity contribution is -0.162. The molecule has 13 nitrogen and oxygen atoms in total. The zero-order valence-electron chi connectivity index (χ0n) is 35.3. The first-order valence-electron chi connectivity index (χ1n) is 20.2. The van der Waals surface area contributed by atoms with Gasteiger partial charge in [-0.25, -0.2) is 10.2 Å². The summed E-state index contributed by atoms with van der Waals surface area (Å²) in [6.45, 7) is 14.5. The average Bonchev–Trinajstić information content (AvgIpc) is 3.47. The SMILES string of the molecule is CCn1c(-c2cccnc2COC)c2c3cc(ccc31)-c1cc(O)cc(c1)C[C@H](NC(=O)[C@H](C(C)C)N(C)C(C)=O)C(=O)N1CCC[C@@](C)(N1)C(=O)OCC(C)(C)C2. The van der Waals surface area contributed by atoms with Crippen LogP contribution in [0.4, 0.5) is 0 Å². The summed E-state index contributed by atoms with van der Waals surface area (Å²) in [6.07, 6.45) is 3.30. The molecule has 0 aliphatic carbocycles. The second-order valence-electron chi connectivity index (χ2n) is 17.2. The van der Waals surface area contributed by atoms with Crippen molar-refractivity contribution in [3.8, 4) is 28.1 Å². The van der Waals surface area contributed by atoms with Crippen LogP contribution in [0.3, 0.4) is 0 Å². The minimum atomic E-state index is -1.22. The van der Waals surface area contributed by atoms with E-state index in [1.807, 2.05) is 32.0 Å². The summed E-state index contributed by atoms with van der Waals surface area (Å²) in [5.74, 6) is -1.93. The van der Waals surface area contributed by atoms with Gasteiger partial charge < -0.3 is 29.4 Å². The van der Waals surface area contributed by atoms with E-state index in [9.17, 15) is 24.3 Å². The van der Waals surface area contributed by atoms with Crippen molar-refractivity contribution in [2.45, 2.75) is 105 Å². The van der Waals surface area contributed by atoms with Crippen molar-refractivity contribution in [2.24, 2.45) is 11.3 Å². The highest BCUT2D eigenvalue weighted by molar-refractivity contribution is 5.96. The van der Waals surface area contributed by atoms with Crippen molar-refractivity contribution >= 4 is 34.6 Å². The van der Waals surface area contributed by atoms with Crippen molar-refractivity contribution in [3.05, 3.63) is 71.5 Å². The second-order valence-corrected chi connectivity index (χ2v) is 17.2. The number of ether oxygens (including phenoxy) is 2. The number of fused-ring (bicyclic) bond motifs is 6. The molecule has 2 aromatic heterocycles. The normalized spacial score (nSPS) is 20.4. The van der Waals surface area contributed by atoms with E-state index in [-0.39, 0.29) is 30.6 Å². The number of aryl methyl sites for hydroxylation is 1. The number of phenols is 1. The van der Waals surface area contributed by atoms with Gasteiger partial charge in [0.1, 0.15) is 23.4 Å². The van der Waals surface area contributed by atoms with Gasteiger partial charge in [0, 0.05) is 68.7 Å². The average molecular weight is 795 g/mol. The summed E-state index contributed by atoms with van der Waals surface area (Å²) in [4.78, 5) is 61.1.